The van der Waals surface area contributed by atoms with E-state index in [9.17, 15) is 24.0 Å². The Morgan fingerprint density at radius 2 is 1.36 bits per heavy atom. The van der Waals surface area contributed by atoms with Crippen LogP contribution in [-0.2, 0) is 14.4 Å². The molecule has 2 aromatic carbocycles. The maximum absolute atomic E-state index is 13.3. The van der Waals surface area contributed by atoms with E-state index in [1.165, 1.54) is 0 Å². The fraction of sp³-hybridized carbons (Fsp3) is 0.489. The second-order valence-corrected chi connectivity index (χ2v) is 17.8. The first-order chi connectivity index (χ1) is 29.6. The number of aromatic nitrogens is 1. The number of nitriles is 1. The average molecular weight is 847 g/mol. The largest absolute Gasteiger partial charge is 0.371 e. The van der Waals surface area contributed by atoms with Gasteiger partial charge in [-0.05, 0) is 86.6 Å². The van der Waals surface area contributed by atoms with Crippen molar-refractivity contribution in [1.82, 2.24) is 25.0 Å². The fourth-order valence-corrected chi connectivity index (χ4v) is 10.1. The second-order valence-electron chi connectivity index (χ2n) is 17.4. The van der Waals surface area contributed by atoms with Crippen molar-refractivity contribution in [3.8, 4) is 6.07 Å². The minimum atomic E-state index is -0.960. The van der Waals surface area contributed by atoms with E-state index in [2.05, 4.69) is 52.3 Å². The highest BCUT2D eigenvalue weighted by Crippen LogP contribution is 2.34. The molecule has 0 spiro atoms. The van der Waals surface area contributed by atoms with Crippen molar-refractivity contribution in [2.24, 2.45) is 17.8 Å². The molecule has 6 aliphatic rings. The Bertz CT molecular complexity index is 2240. The van der Waals surface area contributed by atoms with Gasteiger partial charge >= 0.3 is 0 Å². The Labute approximate surface area is 360 Å². The topological polar surface area (TPSA) is 166 Å². The van der Waals surface area contributed by atoms with Gasteiger partial charge in [-0.1, -0.05) is 11.6 Å². The van der Waals surface area contributed by atoms with Crippen LogP contribution in [0.1, 0.15) is 64.8 Å². The number of carbonyl (C=O) groups is 5. The van der Waals surface area contributed by atoms with Gasteiger partial charge in [0.15, 0.2) is 0 Å². The monoisotopic (exact) mass is 846 g/mol. The number of amides is 5. The Morgan fingerprint density at radius 1 is 0.738 bits per heavy atom. The minimum Gasteiger partial charge on any atom is -0.371 e. The highest BCUT2D eigenvalue weighted by Gasteiger charge is 2.45. The molecule has 0 saturated carbocycles. The third-order valence-electron chi connectivity index (χ3n) is 13.5. The summed E-state index contributed by atoms with van der Waals surface area (Å²) < 4.78 is 0. The molecule has 5 fully saturated rings. The quantitative estimate of drug-likeness (QED) is 0.284. The number of pyridine rings is 1. The lowest BCUT2D eigenvalue weighted by atomic mass is 9.95. The van der Waals surface area contributed by atoms with Crippen molar-refractivity contribution in [1.29, 1.82) is 5.26 Å². The molecule has 3 aromatic rings. The van der Waals surface area contributed by atoms with Gasteiger partial charge in [-0.15, -0.1) is 0 Å². The van der Waals surface area contributed by atoms with Crippen LogP contribution in [0, 0.1) is 29.1 Å². The molecule has 7 heterocycles. The van der Waals surface area contributed by atoms with Gasteiger partial charge in [0.25, 0.3) is 11.8 Å². The molecule has 0 bridgehead atoms. The predicted molar refractivity (Wildman–Crippen MR) is 231 cm³/mol. The number of imide groups is 2. The van der Waals surface area contributed by atoms with E-state index >= 15 is 0 Å². The summed E-state index contributed by atoms with van der Waals surface area (Å²) >= 11 is 6.24. The second kappa shape index (κ2) is 17.4. The number of piperazine rings is 1. The molecule has 16 heteroatoms. The number of rotatable bonds is 10. The summed E-state index contributed by atoms with van der Waals surface area (Å²) in [6.07, 6.45) is 5.87. The molecule has 0 radical (unpaired) electrons. The number of benzene rings is 2. The van der Waals surface area contributed by atoms with Gasteiger partial charge in [-0.3, -0.25) is 34.2 Å². The van der Waals surface area contributed by atoms with Crippen LogP contribution < -0.4 is 25.3 Å². The number of nitrogens with one attached hydrogen (secondary N) is 2. The molecule has 15 nitrogen and oxygen atoms in total. The van der Waals surface area contributed by atoms with E-state index < -0.39 is 23.8 Å². The summed E-state index contributed by atoms with van der Waals surface area (Å²) in [4.78, 5) is 81.2. The number of piperidine rings is 3. The third-order valence-corrected chi connectivity index (χ3v) is 13.8. The summed E-state index contributed by atoms with van der Waals surface area (Å²) in [6, 6.07) is 15.9. The highest BCUT2D eigenvalue weighted by molar-refractivity contribution is 6.32. The van der Waals surface area contributed by atoms with Crippen LogP contribution in [0.3, 0.4) is 0 Å². The Morgan fingerprint density at radius 3 is 2.02 bits per heavy atom. The fourth-order valence-electron chi connectivity index (χ4n) is 9.88. The molecular formula is C45H51ClN10O5. The van der Waals surface area contributed by atoms with E-state index in [-0.39, 0.29) is 30.6 Å². The smallest absolute Gasteiger partial charge is 0.262 e. The molecule has 1 atom stereocenters. The van der Waals surface area contributed by atoms with Crippen molar-refractivity contribution in [2.75, 3.05) is 98.6 Å². The summed E-state index contributed by atoms with van der Waals surface area (Å²) in [5, 5.41) is 14.9. The number of hydrogen-bond acceptors (Lipinski definition) is 12. The lowest BCUT2D eigenvalue weighted by Crippen LogP contribution is -2.55. The Balaban J connectivity index is 0.661. The van der Waals surface area contributed by atoms with Crippen LogP contribution in [0.15, 0.2) is 54.7 Å². The van der Waals surface area contributed by atoms with Crippen LogP contribution in [0.5, 0.6) is 0 Å². The zero-order valence-electron chi connectivity index (χ0n) is 34.2. The predicted octanol–water partition coefficient (Wildman–Crippen LogP) is 3.83. The van der Waals surface area contributed by atoms with E-state index in [4.69, 9.17) is 16.9 Å². The van der Waals surface area contributed by atoms with Gasteiger partial charge in [-0.2, -0.15) is 5.26 Å². The average Bonchev–Trinajstić information content (AvgIpc) is 3.50. The minimum absolute atomic E-state index is 0.00355. The molecule has 2 N–H and O–H groups in total. The van der Waals surface area contributed by atoms with Gasteiger partial charge in [0.1, 0.15) is 17.9 Å². The van der Waals surface area contributed by atoms with Crippen LogP contribution in [0.4, 0.5) is 22.9 Å². The Kier molecular flexibility index (Phi) is 11.7. The van der Waals surface area contributed by atoms with Crippen molar-refractivity contribution < 1.29 is 24.0 Å². The van der Waals surface area contributed by atoms with E-state index in [1.807, 2.05) is 30.5 Å². The summed E-state index contributed by atoms with van der Waals surface area (Å²) in [6.45, 7) is 11.7. The summed E-state index contributed by atoms with van der Waals surface area (Å²) in [5.74, 6) is -0.230. The molecule has 5 amide bonds. The molecule has 5 saturated heterocycles. The SMILES string of the molecule is N#Cc1ccc(N2CCC(C(=O)Nc3ccc(N4CCC(CN5CCN(CC6CN(c7ccc8c(c7)C(=O)N(C7CCC(=O)NC7=O)C8=O)C6)CC5)CC4)cn3)CC2)cc1Cl. The first kappa shape index (κ1) is 40.8. The lowest BCUT2D eigenvalue weighted by Gasteiger charge is -2.45. The number of nitrogens with zero attached hydrogens (tertiary/aromatic N) is 8. The standard InChI is InChI=1S/C45H51ClN10O5/c46-38-22-34(2-1-32(38)23-47)53-15-11-31(12-16-53)42(58)49-40-7-4-35(24-48-40)54-13-9-29(10-14-54)25-51-17-19-52(20-18-51)26-30-27-55(28-30)33-3-5-36-37(21-33)45(61)56(44(36)60)39-6-8-41(57)50-43(39)59/h1-5,7,21-22,24,29-31,39H,6,8-20,25-28H2,(H,48,49,58)(H,50,57,59). The molecule has 1 unspecified atom stereocenters. The van der Waals surface area contributed by atoms with Crippen molar-refractivity contribution >= 4 is 64.0 Å². The maximum Gasteiger partial charge on any atom is 0.262 e. The van der Waals surface area contributed by atoms with Gasteiger partial charge in [-0.25, -0.2) is 4.98 Å². The third kappa shape index (κ3) is 8.67. The molecule has 1 aromatic heterocycles. The first-order valence-corrected chi connectivity index (χ1v) is 22.0. The molecule has 61 heavy (non-hydrogen) atoms. The van der Waals surface area contributed by atoms with E-state index in [0.29, 0.717) is 39.4 Å². The van der Waals surface area contributed by atoms with E-state index in [0.717, 1.165) is 126 Å². The maximum atomic E-state index is 13.3. The number of carbonyl (C=O) groups excluding carboxylic acids is 5. The molecular weight excluding hydrogens is 796 g/mol. The zero-order chi connectivity index (χ0) is 42.2. The lowest BCUT2D eigenvalue weighted by molar-refractivity contribution is -0.136. The van der Waals surface area contributed by atoms with Crippen LogP contribution in [-0.4, -0.2) is 134 Å². The van der Waals surface area contributed by atoms with Gasteiger partial charge < -0.3 is 29.8 Å². The molecule has 0 aliphatic carbocycles. The van der Waals surface area contributed by atoms with Crippen molar-refractivity contribution in [3.63, 3.8) is 0 Å². The summed E-state index contributed by atoms with van der Waals surface area (Å²) in [5.41, 5.74) is 4.06. The normalized spacial score (nSPS) is 22.3. The van der Waals surface area contributed by atoms with E-state index in [1.54, 1.807) is 18.2 Å². The van der Waals surface area contributed by atoms with Crippen LogP contribution in [0.2, 0.25) is 5.02 Å². The number of anilines is 4. The Hall–Kier alpha value is -5.56. The number of fused-ring (bicyclic) bond motifs is 1. The van der Waals surface area contributed by atoms with Crippen LogP contribution in [0.25, 0.3) is 0 Å². The van der Waals surface area contributed by atoms with Gasteiger partial charge in [0.05, 0.1) is 33.6 Å². The highest BCUT2D eigenvalue weighted by atomic mass is 35.5. The summed E-state index contributed by atoms with van der Waals surface area (Å²) in [7, 11) is 0. The van der Waals surface area contributed by atoms with Gasteiger partial charge in [0.2, 0.25) is 17.7 Å². The number of hydrogen-bond donors (Lipinski definition) is 2. The molecule has 9 rings (SSSR count). The first-order valence-electron chi connectivity index (χ1n) is 21.6. The van der Waals surface area contributed by atoms with Crippen molar-refractivity contribution in [3.05, 3.63) is 76.4 Å². The van der Waals surface area contributed by atoms with Gasteiger partial charge in [0, 0.05) is 108 Å². The van der Waals surface area contributed by atoms with Crippen molar-refractivity contribution in [2.45, 2.75) is 44.6 Å². The van der Waals surface area contributed by atoms with Crippen LogP contribution >= 0.6 is 11.6 Å². The number of halogens is 1. The molecule has 318 valence electrons. The molecule has 6 aliphatic heterocycles. The zero-order valence-corrected chi connectivity index (χ0v) is 35.0.